The molecule has 0 nitrogen and oxygen atoms in total. The van der Waals surface area contributed by atoms with E-state index in [2.05, 4.69) is 74.2 Å². The molecule has 1 aliphatic rings. The van der Waals surface area contributed by atoms with Crippen LogP contribution in [0.2, 0.25) is 0 Å². The minimum atomic E-state index is 0.992. The van der Waals surface area contributed by atoms with Crippen LogP contribution in [0, 0.1) is 0 Å². The maximum atomic E-state index is 4.02. The summed E-state index contributed by atoms with van der Waals surface area (Å²) in [5.41, 5.74) is 7.97. The van der Waals surface area contributed by atoms with Gasteiger partial charge in [-0.1, -0.05) is 73.3 Å². The van der Waals surface area contributed by atoms with Gasteiger partial charge in [0, 0.05) is 0 Å². The summed E-state index contributed by atoms with van der Waals surface area (Å²) in [6, 6.07) is 19.2. The van der Waals surface area contributed by atoms with E-state index >= 15 is 0 Å². The van der Waals surface area contributed by atoms with Crippen molar-refractivity contribution in [1.29, 1.82) is 0 Å². The molecule has 2 aromatic rings. The summed E-state index contributed by atoms with van der Waals surface area (Å²) < 4.78 is 0. The first kappa shape index (κ1) is 12.7. The maximum absolute atomic E-state index is 4.02. The molecule has 0 aromatic heterocycles. The van der Waals surface area contributed by atoms with Crippen LogP contribution in [0.15, 0.2) is 78.9 Å². The van der Waals surface area contributed by atoms with E-state index in [4.69, 9.17) is 0 Å². The van der Waals surface area contributed by atoms with Crippen molar-refractivity contribution in [2.45, 2.75) is 13.3 Å². The zero-order valence-electron chi connectivity index (χ0n) is 11.8. The van der Waals surface area contributed by atoms with Gasteiger partial charge >= 0.3 is 0 Å². The largest absolute Gasteiger partial charge is 0.0984 e. The Morgan fingerprint density at radius 3 is 2.40 bits per heavy atom. The Morgan fingerprint density at radius 2 is 1.70 bits per heavy atom. The topological polar surface area (TPSA) is 0 Å². The van der Waals surface area contributed by atoms with Crippen LogP contribution < -0.4 is 0 Å². The number of benzene rings is 2. The molecule has 0 spiro atoms. The number of fused-ring (bicyclic) bond motifs is 1. The fraction of sp³-hybridized carbons (Fsp3) is 0.100. The lowest BCUT2D eigenvalue weighted by molar-refractivity contribution is 1.25. The van der Waals surface area contributed by atoms with Crippen molar-refractivity contribution in [3.63, 3.8) is 0 Å². The first-order valence-electron chi connectivity index (χ1n) is 7.01. The van der Waals surface area contributed by atoms with Crippen LogP contribution in [0.1, 0.15) is 23.6 Å². The van der Waals surface area contributed by atoms with Gasteiger partial charge in [-0.25, -0.2) is 0 Å². The third kappa shape index (κ3) is 2.04. The number of hydrogen-bond acceptors (Lipinski definition) is 0. The fourth-order valence-corrected chi connectivity index (χ4v) is 2.99. The first-order chi connectivity index (χ1) is 9.85. The van der Waals surface area contributed by atoms with Crippen LogP contribution in [-0.4, -0.2) is 0 Å². The Bertz CT molecular complexity index is 700. The highest BCUT2D eigenvalue weighted by atomic mass is 14.2. The molecule has 20 heavy (non-hydrogen) atoms. The summed E-state index contributed by atoms with van der Waals surface area (Å²) in [7, 11) is 0. The molecule has 0 radical (unpaired) electrons. The van der Waals surface area contributed by atoms with E-state index < -0.39 is 0 Å². The van der Waals surface area contributed by atoms with Crippen molar-refractivity contribution in [3.05, 3.63) is 95.6 Å². The second kappa shape index (κ2) is 5.34. The molecule has 1 aliphatic carbocycles. The molecule has 0 bridgehead atoms. The van der Waals surface area contributed by atoms with Gasteiger partial charge < -0.3 is 0 Å². The second-order valence-corrected chi connectivity index (χ2v) is 5.00. The van der Waals surface area contributed by atoms with E-state index in [-0.39, 0.29) is 0 Å². The zero-order valence-corrected chi connectivity index (χ0v) is 11.8. The van der Waals surface area contributed by atoms with Crippen molar-refractivity contribution < 1.29 is 0 Å². The zero-order chi connectivity index (χ0) is 13.9. The van der Waals surface area contributed by atoms with Crippen LogP contribution in [0.4, 0.5) is 0 Å². The quantitative estimate of drug-likeness (QED) is 0.702. The fourth-order valence-electron chi connectivity index (χ4n) is 2.99. The highest BCUT2D eigenvalue weighted by molar-refractivity contribution is 5.96. The van der Waals surface area contributed by atoms with E-state index in [1.807, 2.05) is 6.08 Å². The van der Waals surface area contributed by atoms with Crippen LogP contribution in [0.5, 0.6) is 0 Å². The molecule has 0 aliphatic heterocycles. The molecule has 2 aromatic carbocycles. The Kier molecular flexibility index (Phi) is 3.39. The van der Waals surface area contributed by atoms with Gasteiger partial charge in [0.15, 0.2) is 0 Å². The molecule has 0 saturated carbocycles. The average Bonchev–Trinajstić information content (AvgIpc) is 2.87. The van der Waals surface area contributed by atoms with E-state index in [1.165, 1.54) is 33.4 Å². The molecule has 3 rings (SSSR count). The maximum Gasteiger partial charge on any atom is -0.000741 e. The Morgan fingerprint density at radius 1 is 1.00 bits per heavy atom. The van der Waals surface area contributed by atoms with Gasteiger partial charge in [-0.05, 0) is 46.8 Å². The van der Waals surface area contributed by atoms with Crippen molar-refractivity contribution in [2.75, 3.05) is 0 Å². The molecular formula is C20H18. The summed E-state index contributed by atoms with van der Waals surface area (Å²) in [6.07, 6.45) is 5.19. The van der Waals surface area contributed by atoms with E-state index in [1.54, 1.807) is 0 Å². The minimum Gasteiger partial charge on any atom is -0.0984 e. The summed E-state index contributed by atoms with van der Waals surface area (Å²) >= 11 is 0. The third-order valence-corrected chi connectivity index (χ3v) is 3.90. The molecule has 0 heteroatoms. The van der Waals surface area contributed by atoms with Gasteiger partial charge in [0.2, 0.25) is 0 Å². The molecule has 0 amide bonds. The summed E-state index contributed by atoms with van der Waals surface area (Å²) in [6.45, 7) is 6.13. The van der Waals surface area contributed by atoms with Gasteiger partial charge in [0.25, 0.3) is 0 Å². The van der Waals surface area contributed by atoms with Gasteiger partial charge in [0.1, 0.15) is 0 Å². The normalized spacial score (nSPS) is 14.3. The minimum absolute atomic E-state index is 0.992. The number of rotatable bonds is 3. The molecule has 0 N–H and O–H groups in total. The molecule has 0 atom stereocenters. The molecular weight excluding hydrogens is 240 g/mol. The Labute approximate surface area is 120 Å². The first-order valence-corrected chi connectivity index (χ1v) is 7.01. The molecule has 0 fully saturated rings. The molecule has 0 unspecified atom stereocenters. The highest BCUT2D eigenvalue weighted by Crippen LogP contribution is 2.40. The average molecular weight is 258 g/mol. The van der Waals surface area contributed by atoms with Crippen molar-refractivity contribution in [1.82, 2.24) is 0 Å². The monoisotopic (exact) mass is 258 g/mol. The van der Waals surface area contributed by atoms with E-state index in [9.17, 15) is 0 Å². The van der Waals surface area contributed by atoms with Gasteiger partial charge in [0.05, 0.1) is 0 Å². The van der Waals surface area contributed by atoms with Gasteiger partial charge in [-0.2, -0.15) is 0 Å². The third-order valence-electron chi connectivity index (χ3n) is 3.90. The lowest BCUT2D eigenvalue weighted by atomic mass is 9.94. The van der Waals surface area contributed by atoms with Crippen LogP contribution in [0.3, 0.4) is 0 Å². The van der Waals surface area contributed by atoms with Crippen molar-refractivity contribution >= 4 is 11.1 Å². The molecule has 0 saturated heterocycles. The van der Waals surface area contributed by atoms with Crippen LogP contribution in [0.25, 0.3) is 11.1 Å². The lowest BCUT2D eigenvalue weighted by Gasteiger charge is -2.10. The Hall–Kier alpha value is -2.34. The summed E-state index contributed by atoms with van der Waals surface area (Å²) in [4.78, 5) is 0. The van der Waals surface area contributed by atoms with Crippen LogP contribution >= 0.6 is 0 Å². The summed E-state index contributed by atoms with van der Waals surface area (Å²) in [5, 5.41) is 0. The Balaban J connectivity index is 2.13. The van der Waals surface area contributed by atoms with Crippen molar-refractivity contribution in [2.24, 2.45) is 0 Å². The predicted molar refractivity (Wildman–Crippen MR) is 87.4 cm³/mol. The smallest absolute Gasteiger partial charge is 0.000741 e. The van der Waals surface area contributed by atoms with E-state index in [0.717, 1.165) is 6.42 Å². The number of allylic oxidation sites excluding steroid dienone is 5. The van der Waals surface area contributed by atoms with Crippen LogP contribution in [-0.2, 0) is 6.42 Å². The predicted octanol–water partition coefficient (Wildman–Crippen LogP) is 5.29. The number of hydrogen-bond donors (Lipinski definition) is 0. The SMILES string of the molecule is C=CC1=C(/C(=C\C)c2ccccc2)Cc2ccccc21. The summed E-state index contributed by atoms with van der Waals surface area (Å²) in [5.74, 6) is 0. The van der Waals surface area contributed by atoms with Gasteiger partial charge in [-0.3, -0.25) is 0 Å². The molecule has 0 heterocycles. The standard InChI is InChI=1S/C20H18/c1-3-17(15-10-6-5-7-11-15)20-14-16-12-8-9-13-19(16)18(20)4-2/h3-13H,2,14H2,1H3/b17-3-. The van der Waals surface area contributed by atoms with Gasteiger partial charge in [-0.15, -0.1) is 0 Å². The highest BCUT2D eigenvalue weighted by Gasteiger charge is 2.21. The molecule has 98 valence electrons. The second-order valence-electron chi connectivity index (χ2n) is 5.00. The van der Waals surface area contributed by atoms with Crippen molar-refractivity contribution in [3.8, 4) is 0 Å². The lowest BCUT2D eigenvalue weighted by Crippen LogP contribution is -1.91. The van der Waals surface area contributed by atoms with E-state index in [0.29, 0.717) is 0 Å².